The second-order valence-corrected chi connectivity index (χ2v) is 6.95. The van der Waals surface area contributed by atoms with Gasteiger partial charge in [0.1, 0.15) is 5.75 Å². The van der Waals surface area contributed by atoms with Crippen LogP contribution in [0.4, 0.5) is 0 Å². The van der Waals surface area contributed by atoms with Crippen LogP contribution in [0, 0.1) is 0 Å². The fourth-order valence-electron chi connectivity index (χ4n) is 3.78. The van der Waals surface area contributed by atoms with Crippen molar-refractivity contribution in [3.63, 3.8) is 0 Å². The van der Waals surface area contributed by atoms with Gasteiger partial charge in [0.2, 0.25) is 0 Å². The highest BCUT2D eigenvalue weighted by Crippen LogP contribution is 2.40. The van der Waals surface area contributed by atoms with Gasteiger partial charge in [0.05, 0.1) is 6.61 Å². The first kappa shape index (κ1) is 19.8. The summed E-state index contributed by atoms with van der Waals surface area (Å²) in [5.74, 6) is 0.970. The molecule has 0 amide bonds. The van der Waals surface area contributed by atoms with Crippen molar-refractivity contribution in [1.29, 1.82) is 0 Å². The van der Waals surface area contributed by atoms with Gasteiger partial charge in [-0.2, -0.15) is 0 Å². The molecule has 136 valence electrons. The van der Waals surface area contributed by atoms with E-state index in [1.807, 2.05) is 0 Å². The molecule has 0 aromatic heterocycles. The Labute approximate surface area is 158 Å². The van der Waals surface area contributed by atoms with E-state index in [1.54, 1.807) is 0 Å². The summed E-state index contributed by atoms with van der Waals surface area (Å²) in [4.78, 5) is 0. The first-order chi connectivity index (χ1) is 11.8. The van der Waals surface area contributed by atoms with Gasteiger partial charge in [0, 0.05) is 18.5 Å². The molecule has 0 heterocycles. The molecule has 2 aromatic rings. The van der Waals surface area contributed by atoms with Gasteiger partial charge in [-0.15, -0.1) is 12.4 Å². The predicted molar refractivity (Wildman–Crippen MR) is 108 cm³/mol. The summed E-state index contributed by atoms with van der Waals surface area (Å²) in [6.07, 6.45) is 6.34. The Hall–Kier alpha value is -1.51. The maximum absolute atomic E-state index is 5.65. The number of nitrogens with one attached hydrogen (secondary N) is 1. The molecule has 0 bridgehead atoms. The molecule has 0 spiro atoms. The van der Waals surface area contributed by atoms with Crippen LogP contribution in [0.1, 0.15) is 50.2 Å². The first-order valence-electron chi connectivity index (χ1n) is 9.30. The summed E-state index contributed by atoms with van der Waals surface area (Å²) in [6, 6.07) is 19.5. The van der Waals surface area contributed by atoms with Gasteiger partial charge < -0.3 is 10.1 Å². The Morgan fingerprint density at radius 3 is 2.28 bits per heavy atom. The molecule has 3 rings (SSSR count). The van der Waals surface area contributed by atoms with Crippen molar-refractivity contribution < 1.29 is 4.74 Å². The molecule has 0 saturated heterocycles. The Morgan fingerprint density at radius 2 is 1.64 bits per heavy atom. The van der Waals surface area contributed by atoms with Gasteiger partial charge in [0.25, 0.3) is 0 Å². The minimum Gasteiger partial charge on any atom is -0.494 e. The van der Waals surface area contributed by atoms with Gasteiger partial charge in [0.15, 0.2) is 0 Å². The first-order valence-corrected chi connectivity index (χ1v) is 9.30. The Bertz CT molecular complexity index is 606. The van der Waals surface area contributed by atoms with Gasteiger partial charge in [-0.05, 0) is 42.5 Å². The minimum absolute atomic E-state index is 0. The van der Waals surface area contributed by atoms with E-state index in [9.17, 15) is 0 Å². The molecule has 2 nitrogen and oxygen atoms in total. The molecule has 1 N–H and O–H groups in total. The molecule has 1 fully saturated rings. The lowest BCUT2D eigenvalue weighted by molar-refractivity contribution is 0.317. The largest absolute Gasteiger partial charge is 0.494 e. The van der Waals surface area contributed by atoms with Crippen LogP contribution in [0.15, 0.2) is 54.6 Å². The van der Waals surface area contributed by atoms with E-state index in [1.165, 1.54) is 36.8 Å². The summed E-state index contributed by atoms with van der Waals surface area (Å²) in [6.45, 7) is 4.90. The molecule has 1 aliphatic rings. The zero-order chi connectivity index (χ0) is 16.7. The lowest BCUT2D eigenvalue weighted by Gasteiger charge is -2.30. The van der Waals surface area contributed by atoms with E-state index >= 15 is 0 Å². The number of halogens is 1. The Kier molecular flexibility index (Phi) is 7.80. The van der Waals surface area contributed by atoms with Crippen molar-refractivity contribution in [3.8, 4) is 5.75 Å². The summed E-state index contributed by atoms with van der Waals surface area (Å²) in [5, 5.41) is 3.70. The molecule has 0 aliphatic heterocycles. The third-order valence-corrected chi connectivity index (χ3v) is 5.14. The Balaban J connectivity index is 0.00000225. The van der Waals surface area contributed by atoms with Crippen LogP contribution < -0.4 is 10.1 Å². The molecule has 1 aliphatic carbocycles. The quantitative estimate of drug-likeness (QED) is 0.672. The number of hydrogen-bond donors (Lipinski definition) is 1. The highest BCUT2D eigenvalue weighted by molar-refractivity contribution is 5.85. The molecule has 2 aromatic carbocycles. The van der Waals surface area contributed by atoms with Crippen LogP contribution in [-0.2, 0) is 12.0 Å². The van der Waals surface area contributed by atoms with Crippen molar-refractivity contribution in [2.24, 2.45) is 0 Å². The summed E-state index contributed by atoms with van der Waals surface area (Å²) in [7, 11) is 0. The summed E-state index contributed by atoms with van der Waals surface area (Å²) < 4.78 is 5.65. The van der Waals surface area contributed by atoms with Crippen LogP contribution in [-0.4, -0.2) is 13.2 Å². The SMILES string of the molecule is CCCOc1ccc(CNCC2(c3ccccc3)CCCC2)cc1.Cl. The molecule has 1 saturated carbocycles. The normalized spacial score (nSPS) is 15.6. The molecule has 0 radical (unpaired) electrons. The number of ether oxygens (including phenoxy) is 1. The molecule has 25 heavy (non-hydrogen) atoms. The average molecular weight is 360 g/mol. The second kappa shape index (κ2) is 9.84. The van der Waals surface area contributed by atoms with E-state index in [-0.39, 0.29) is 12.4 Å². The van der Waals surface area contributed by atoms with Crippen molar-refractivity contribution in [1.82, 2.24) is 5.32 Å². The highest BCUT2D eigenvalue weighted by atomic mass is 35.5. The fourth-order valence-corrected chi connectivity index (χ4v) is 3.78. The van der Waals surface area contributed by atoms with Crippen LogP contribution in [0.2, 0.25) is 0 Å². The van der Waals surface area contributed by atoms with E-state index in [4.69, 9.17) is 4.74 Å². The second-order valence-electron chi connectivity index (χ2n) is 6.95. The third kappa shape index (κ3) is 5.23. The van der Waals surface area contributed by atoms with E-state index in [2.05, 4.69) is 66.8 Å². The van der Waals surface area contributed by atoms with Crippen molar-refractivity contribution >= 4 is 12.4 Å². The smallest absolute Gasteiger partial charge is 0.119 e. The van der Waals surface area contributed by atoms with Gasteiger partial charge in [-0.1, -0.05) is 62.2 Å². The fraction of sp³-hybridized carbons (Fsp3) is 0.455. The van der Waals surface area contributed by atoms with Crippen molar-refractivity contribution in [3.05, 3.63) is 65.7 Å². The van der Waals surface area contributed by atoms with Crippen molar-refractivity contribution in [2.45, 2.75) is 51.0 Å². The predicted octanol–water partition coefficient (Wildman–Crippen LogP) is 5.50. The van der Waals surface area contributed by atoms with Crippen LogP contribution in [0.3, 0.4) is 0 Å². The number of hydrogen-bond acceptors (Lipinski definition) is 2. The van der Waals surface area contributed by atoms with Gasteiger partial charge >= 0.3 is 0 Å². The molecule has 0 unspecified atom stereocenters. The molecular formula is C22H30ClNO. The van der Waals surface area contributed by atoms with Gasteiger partial charge in [-0.3, -0.25) is 0 Å². The minimum atomic E-state index is 0. The van der Waals surface area contributed by atoms with Crippen LogP contribution >= 0.6 is 12.4 Å². The number of benzene rings is 2. The molecule has 0 atom stereocenters. The van der Waals surface area contributed by atoms with Gasteiger partial charge in [-0.25, -0.2) is 0 Å². The number of rotatable bonds is 8. The maximum Gasteiger partial charge on any atom is 0.119 e. The zero-order valence-electron chi connectivity index (χ0n) is 15.2. The lowest BCUT2D eigenvalue weighted by atomic mass is 9.79. The highest BCUT2D eigenvalue weighted by Gasteiger charge is 2.34. The summed E-state index contributed by atoms with van der Waals surface area (Å²) >= 11 is 0. The van der Waals surface area contributed by atoms with E-state index < -0.39 is 0 Å². The van der Waals surface area contributed by atoms with Crippen molar-refractivity contribution in [2.75, 3.05) is 13.2 Å². The molecular weight excluding hydrogens is 330 g/mol. The van der Waals surface area contributed by atoms with E-state index in [0.29, 0.717) is 5.41 Å². The average Bonchev–Trinajstić information content (AvgIpc) is 3.12. The standard InChI is InChI=1S/C22H29NO.ClH/c1-2-16-24-21-12-10-19(11-13-21)17-23-18-22(14-6-7-15-22)20-8-4-3-5-9-20;/h3-5,8-13,23H,2,6-7,14-18H2,1H3;1H. The van der Waals surface area contributed by atoms with E-state index in [0.717, 1.165) is 31.9 Å². The monoisotopic (exact) mass is 359 g/mol. The zero-order valence-corrected chi connectivity index (χ0v) is 16.0. The lowest BCUT2D eigenvalue weighted by Crippen LogP contribution is -2.35. The Morgan fingerprint density at radius 1 is 0.960 bits per heavy atom. The molecule has 3 heteroatoms. The van der Waals surface area contributed by atoms with Crippen LogP contribution in [0.25, 0.3) is 0 Å². The van der Waals surface area contributed by atoms with Crippen LogP contribution in [0.5, 0.6) is 5.75 Å². The summed E-state index contributed by atoms with van der Waals surface area (Å²) in [5.41, 5.74) is 3.14. The topological polar surface area (TPSA) is 21.3 Å². The maximum atomic E-state index is 5.65. The third-order valence-electron chi connectivity index (χ3n) is 5.14.